The Morgan fingerprint density at radius 1 is 1.15 bits per heavy atom. The molecule has 1 amide bonds. The molecule has 4 aliphatic rings. The van der Waals surface area contributed by atoms with Crippen molar-refractivity contribution in [2.24, 2.45) is 28.6 Å². The maximum absolute atomic E-state index is 13.4. The van der Waals surface area contributed by atoms with Gasteiger partial charge in [-0.3, -0.25) is 19.2 Å². The van der Waals surface area contributed by atoms with E-state index < -0.39 is 35.5 Å². The van der Waals surface area contributed by atoms with Crippen LogP contribution in [-0.2, 0) is 30.5 Å². The first-order chi connectivity index (χ1) is 18.5. The molecule has 39 heavy (non-hydrogen) atoms. The highest BCUT2D eigenvalue weighted by atomic mass is 32.1. The predicted molar refractivity (Wildman–Crippen MR) is 144 cm³/mol. The van der Waals surface area contributed by atoms with Crippen LogP contribution in [0.4, 0.5) is 0 Å². The molecule has 0 aromatic carbocycles. The van der Waals surface area contributed by atoms with E-state index in [1.54, 1.807) is 6.08 Å². The number of ketones is 2. The SMILES string of the molecule is C[C@]12CCC(=O)C=C1CCC1C2C(O)C[C@@]2(C)C1CC[C@]2(O)C(=O)COC(=O)CCC(=O)NCc1cccs1. The van der Waals surface area contributed by atoms with E-state index in [0.29, 0.717) is 19.4 Å². The molecule has 212 valence electrons. The molecular weight excluding hydrogens is 518 g/mol. The lowest BCUT2D eigenvalue weighted by atomic mass is 9.45. The second-order valence-corrected chi connectivity index (χ2v) is 13.4. The van der Waals surface area contributed by atoms with Crippen molar-refractivity contribution < 1.29 is 34.1 Å². The van der Waals surface area contributed by atoms with Gasteiger partial charge in [0.15, 0.2) is 12.4 Å². The standard InChI is InChI=1S/C30H39NO7S/c1-28-11-9-19(32)14-18(28)5-6-21-22-10-12-30(37,29(22,2)15-23(33)27(21)28)24(34)17-38-26(36)8-7-25(35)31-16-20-4-3-13-39-20/h3-4,13-14,21-23,27,33,37H,5-12,15-17H2,1-2H3,(H,31,35)/t21?,22?,23?,27?,28-,29-,30-/m0/s1. The van der Waals surface area contributed by atoms with Gasteiger partial charge in [-0.05, 0) is 79.2 Å². The molecule has 3 saturated carbocycles. The van der Waals surface area contributed by atoms with E-state index in [4.69, 9.17) is 4.74 Å². The lowest BCUT2D eigenvalue weighted by molar-refractivity contribution is -0.184. The number of carbonyl (C=O) groups excluding carboxylic acids is 4. The molecule has 3 fully saturated rings. The lowest BCUT2D eigenvalue weighted by Crippen LogP contribution is -2.62. The summed E-state index contributed by atoms with van der Waals surface area (Å²) in [6.07, 6.45) is 4.95. The Morgan fingerprint density at radius 3 is 2.69 bits per heavy atom. The summed E-state index contributed by atoms with van der Waals surface area (Å²) in [5.74, 6) is -1.13. The first-order valence-electron chi connectivity index (χ1n) is 14.1. The number of hydrogen-bond acceptors (Lipinski definition) is 8. The van der Waals surface area contributed by atoms with Gasteiger partial charge in [-0.15, -0.1) is 11.3 Å². The molecule has 5 rings (SSSR count). The van der Waals surface area contributed by atoms with Gasteiger partial charge in [0, 0.05) is 23.1 Å². The van der Waals surface area contributed by atoms with Gasteiger partial charge in [-0.2, -0.15) is 0 Å². The van der Waals surface area contributed by atoms with Gasteiger partial charge in [-0.25, -0.2) is 0 Å². The van der Waals surface area contributed by atoms with Crippen molar-refractivity contribution in [3.63, 3.8) is 0 Å². The summed E-state index contributed by atoms with van der Waals surface area (Å²) in [6, 6.07) is 3.81. The second kappa shape index (κ2) is 10.6. The average molecular weight is 558 g/mol. The zero-order valence-electron chi connectivity index (χ0n) is 22.7. The number of aliphatic hydroxyl groups is 2. The number of allylic oxidation sites excluding steroid dienone is 1. The first kappa shape index (κ1) is 28.2. The van der Waals surface area contributed by atoms with Crippen LogP contribution in [0.1, 0.15) is 76.5 Å². The van der Waals surface area contributed by atoms with Crippen LogP contribution in [0.2, 0.25) is 0 Å². The Labute approximate surface area is 233 Å². The number of hydrogen-bond donors (Lipinski definition) is 3. The van der Waals surface area contributed by atoms with Crippen LogP contribution in [0, 0.1) is 28.6 Å². The smallest absolute Gasteiger partial charge is 0.306 e. The quantitative estimate of drug-likeness (QED) is 0.417. The molecule has 0 bridgehead atoms. The number of ether oxygens (including phenoxy) is 1. The molecule has 4 unspecified atom stereocenters. The fourth-order valence-corrected chi connectivity index (χ4v) is 9.04. The number of thiophene rings is 1. The average Bonchev–Trinajstić information content (AvgIpc) is 3.51. The topological polar surface area (TPSA) is 130 Å². The van der Waals surface area contributed by atoms with Crippen LogP contribution < -0.4 is 5.32 Å². The number of carbonyl (C=O) groups is 4. The van der Waals surface area contributed by atoms with Gasteiger partial charge < -0.3 is 20.3 Å². The first-order valence-corrected chi connectivity index (χ1v) is 15.0. The van der Waals surface area contributed by atoms with E-state index in [9.17, 15) is 29.4 Å². The number of Topliss-reactive ketones (excluding diaryl/α,β-unsaturated/α-hetero) is 1. The van der Waals surface area contributed by atoms with Crippen molar-refractivity contribution >= 4 is 34.8 Å². The number of aliphatic hydroxyl groups excluding tert-OH is 1. The predicted octanol–water partition coefficient (Wildman–Crippen LogP) is 3.49. The molecular formula is C30H39NO7S. The van der Waals surface area contributed by atoms with Gasteiger partial charge in [0.05, 0.1) is 19.1 Å². The minimum Gasteiger partial charge on any atom is -0.458 e. The van der Waals surface area contributed by atoms with Crippen molar-refractivity contribution in [1.29, 1.82) is 0 Å². The van der Waals surface area contributed by atoms with Crippen molar-refractivity contribution in [1.82, 2.24) is 5.32 Å². The second-order valence-electron chi connectivity index (χ2n) is 12.4. The third kappa shape index (κ3) is 4.91. The Bertz CT molecular complexity index is 1180. The Balaban J connectivity index is 1.19. The number of amides is 1. The third-order valence-electron chi connectivity index (χ3n) is 10.5. The summed E-state index contributed by atoms with van der Waals surface area (Å²) >= 11 is 1.53. The highest BCUT2D eigenvalue weighted by Crippen LogP contribution is 2.67. The van der Waals surface area contributed by atoms with Gasteiger partial charge in [0.2, 0.25) is 11.7 Å². The molecule has 0 aliphatic heterocycles. The van der Waals surface area contributed by atoms with E-state index in [1.807, 2.05) is 24.4 Å². The van der Waals surface area contributed by atoms with E-state index in [1.165, 1.54) is 11.3 Å². The van der Waals surface area contributed by atoms with Crippen molar-refractivity contribution in [3.05, 3.63) is 34.0 Å². The van der Waals surface area contributed by atoms with Crippen molar-refractivity contribution in [2.45, 2.75) is 89.9 Å². The van der Waals surface area contributed by atoms with Crippen LogP contribution in [0.5, 0.6) is 0 Å². The minimum absolute atomic E-state index is 0.00934. The van der Waals surface area contributed by atoms with Crippen LogP contribution in [0.15, 0.2) is 29.2 Å². The zero-order valence-corrected chi connectivity index (χ0v) is 23.6. The van der Waals surface area contributed by atoms with Crippen LogP contribution >= 0.6 is 11.3 Å². The normalized spacial score (nSPS) is 37.2. The van der Waals surface area contributed by atoms with Crippen molar-refractivity contribution in [2.75, 3.05) is 6.61 Å². The summed E-state index contributed by atoms with van der Waals surface area (Å²) in [6.45, 7) is 3.92. The summed E-state index contributed by atoms with van der Waals surface area (Å²) in [7, 11) is 0. The molecule has 1 heterocycles. The number of rotatable bonds is 8. The minimum atomic E-state index is -1.69. The molecule has 9 heteroatoms. The number of fused-ring (bicyclic) bond motifs is 5. The highest BCUT2D eigenvalue weighted by Gasteiger charge is 2.68. The molecule has 1 aromatic rings. The van der Waals surface area contributed by atoms with E-state index in [0.717, 1.165) is 29.7 Å². The Kier molecular flexibility index (Phi) is 7.63. The zero-order chi connectivity index (χ0) is 28.0. The van der Waals surface area contributed by atoms with E-state index in [-0.39, 0.29) is 60.5 Å². The molecule has 3 N–H and O–H groups in total. The number of nitrogens with one attached hydrogen (secondary N) is 1. The molecule has 0 saturated heterocycles. The van der Waals surface area contributed by atoms with E-state index in [2.05, 4.69) is 12.2 Å². The van der Waals surface area contributed by atoms with Gasteiger partial charge in [0.1, 0.15) is 5.60 Å². The lowest BCUT2D eigenvalue weighted by Gasteiger charge is -2.60. The van der Waals surface area contributed by atoms with Crippen LogP contribution in [0.3, 0.4) is 0 Å². The summed E-state index contributed by atoms with van der Waals surface area (Å²) < 4.78 is 5.21. The van der Waals surface area contributed by atoms with Crippen LogP contribution in [0.25, 0.3) is 0 Å². The fraction of sp³-hybridized carbons (Fsp3) is 0.667. The Morgan fingerprint density at radius 2 is 1.95 bits per heavy atom. The molecule has 0 spiro atoms. The van der Waals surface area contributed by atoms with Crippen LogP contribution in [-0.4, -0.2) is 52.0 Å². The van der Waals surface area contributed by atoms with Crippen molar-refractivity contribution in [3.8, 4) is 0 Å². The molecule has 1 aromatic heterocycles. The molecule has 4 aliphatic carbocycles. The van der Waals surface area contributed by atoms with Gasteiger partial charge >= 0.3 is 5.97 Å². The summed E-state index contributed by atoms with van der Waals surface area (Å²) in [5, 5.41) is 27.9. The summed E-state index contributed by atoms with van der Waals surface area (Å²) in [4.78, 5) is 50.8. The monoisotopic (exact) mass is 557 g/mol. The maximum atomic E-state index is 13.4. The highest BCUT2D eigenvalue weighted by molar-refractivity contribution is 7.09. The van der Waals surface area contributed by atoms with Gasteiger partial charge in [-0.1, -0.05) is 25.5 Å². The fourth-order valence-electron chi connectivity index (χ4n) is 8.39. The molecule has 8 nitrogen and oxygen atoms in total. The molecule has 0 radical (unpaired) electrons. The van der Waals surface area contributed by atoms with Gasteiger partial charge in [0.25, 0.3) is 0 Å². The third-order valence-corrected chi connectivity index (χ3v) is 11.3. The molecule has 7 atom stereocenters. The largest absolute Gasteiger partial charge is 0.458 e. The number of esters is 1. The van der Waals surface area contributed by atoms with E-state index >= 15 is 0 Å². The maximum Gasteiger partial charge on any atom is 0.306 e. The summed E-state index contributed by atoms with van der Waals surface area (Å²) in [5.41, 5.74) is -1.63. The Hall–Kier alpha value is -2.36.